The lowest BCUT2D eigenvalue weighted by Gasteiger charge is -2.41. The summed E-state index contributed by atoms with van der Waals surface area (Å²) in [5.41, 5.74) is 1.82. The van der Waals surface area contributed by atoms with Crippen molar-refractivity contribution in [2.45, 2.75) is 45.1 Å². The van der Waals surface area contributed by atoms with Gasteiger partial charge >= 0.3 is 0 Å². The molecule has 1 aromatic carbocycles. The average molecular weight is 217 g/mol. The number of hydrogen-bond donors (Lipinski definition) is 0. The maximum Gasteiger partial charge on any atom is 0.0125 e. The minimum absolute atomic E-state index is 0.313. The summed E-state index contributed by atoms with van der Waals surface area (Å²) in [6, 6.07) is 11.0. The summed E-state index contributed by atoms with van der Waals surface area (Å²) >= 11 is 0. The van der Waals surface area contributed by atoms with Crippen molar-refractivity contribution in [1.82, 2.24) is 4.90 Å². The van der Waals surface area contributed by atoms with Crippen LogP contribution in [0.1, 0.15) is 45.1 Å². The van der Waals surface area contributed by atoms with Gasteiger partial charge < -0.3 is 0 Å². The molecule has 0 N–H and O–H groups in total. The predicted molar refractivity (Wildman–Crippen MR) is 69.7 cm³/mol. The monoisotopic (exact) mass is 217 g/mol. The molecule has 1 unspecified atom stereocenters. The van der Waals surface area contributed by atoms with E-state index in [-0.39, 0.29) is 0 Å². The molecule has 0 bridgehead atoms. The molecule has 1 fully saturated rings. The van der Waals surface area contributed by atoms with E-state index < -0.39 is 0 Å². The highest BCUT2D eigenvalue weighted by Gasteiger charge is 2.28. The summed E-state index contributed by atoms with van der Waals surface area (Å²) in [7, 11) is 0. The Bertz CT molecular complexity index is 323. The van der Waals surface area contributed by atoms with Gasteiger partial charge in [0.1, 0.15) is 0 Å². The Morgan fingerprint density at radius 1 is 1.12 bits per heavy atom. The molecule has 1 aliphatic heterocycles. The molecule has 0 aromatic heterocycles. The lowest BCUT2D eigenvalue weighted by molar-refractivity contribution is 0.0986. The third-order valence-corrected chi connectivity index (χ3v) is 3.64. The molecular formula is C15H23N. The topological polar surface area (TPSA) is 3.24 Å². The van der Waals surface area contributed by atoms with Crippen LogP contribution in [0.5, 0.6) is 0 Å². The number of piperidine rings is 1. The molecule has 2 rings (SSSR count). The molecule has 0 spiro atoms. The van der Waals surface area contributed by atoms with Gasteiger partial charge in [0.05, 0.1) is 0 Å². The second-order valence-electron chi connectivity index (χ2n) is 5.87. The van der Waals surface area contributed by atoms with Gasteiger partial charge in [-0.2, -0.15) is 0 Å². The summed E-state index contributed by atoms with van der Waals surface area (Å²) in [5.74, 6) is 0.731. The minimum atomic E-state index is 0.313. The zero-order chi connectivity index (χ0) is 11.6. The van der Waals surface area contributed by atoms with Gasteiger partial charge in [0.25, 0.3) is 0 Å². The Balaban J connectivity index is 2.08. The quantitative estimate of drug-likeness (QED) is 0.694. The molecule has 0 amide bonds. The molecule has 1 heterocycles. The third kappa shape index (κ3) is 2.65. The Morgan fingerprint density at radius 3 is 2.44 bits per heavy atom. The summed E-state index contributed by atoms with van der Waals surface area (Å²) in [6.45, 7) is 9.43. The highest BCUT2D eigenvalue weighted by atomic mass is 15.2. The van der Waals surface area contributed by atoms with E-state index in [4.69, 9.17) is 0 Å². The summed E-state index contributed by atoms with van der Waals surface area (Å²) in [4.78, 5) is 2.62. The smallest absolute Gasteiger partial charge is 0.0125 e. The van der Waals surface area contributed by atoms with Crippen LogP contribution in [-0.4, -0.2) is 23.5 Å². The first-order valence-electron chi connectivity index (χ1n) is 6.37. The van der Waals surface area contributed by atoms with Gasteiger partial charge in [-0.1, -0.05) is 30.3 Å². The molecular weight excluding hydrogens is 194 g/mol. The van der Waals surface area contributed by atoms with Crippen molar-refractivity contribution in [2.75, 3.05) is 13.1 Å². The van der Waals surface area contributed by atoms with Crippen molar-refractivity contribution in [3.8, 4) is 0 Å². The second kappa shape index (κ2) is 4.58. The summed E-state index contributed by atoms with van der Waals surface area (Å²) in [5, 5.41) is 0. The standard InChI is InChI=1S/C15H23N/c1-15(2,3)16-11-7-10-14(12-16)13-8-5-4-6-9-13/h4-6,8-9,14H,7,10-12H2,1-3H3. The van der Waals surface area contributed by atoms with Crippen LogP contribution in [0.2, 0.25) is 0 Å². The Labute approximate surface area is 99.5 Å². The van der Waals surface area contributed by atoms with E-state index in [1.165, 1.54) is 31.5 Å². The van der Waals surface area contributed by atoms with Crippen molar-refractivity contribution in [3.63, 3.8) is 0 Å². The van der Waals surface area contributed by atoms with Crippen LogP contribution >= 0.6 is 0 Å². The average Bonchev–Trinajstić information content (AvgIpc) is 2.29. The van der Waals surface area contributed by atoms with Crippen molar-refractivity contribution in [3.05, 3.63) is 35.9 Å². The molecule has 1 nitrogen and oxygen atoms in total. The van der Waals surface area contributed by atoms with Crippen molar-refractivity contribution in [1.29, 1.82) is 0 Å². The van der Waals surface area contributed by atoms with Crippen molar-refractivity contribution >= 4 is 0 Å². The first kappa shape index (κ1) is 11.7. The van der Waals surface area contributed by atoms with Crippen LogP contribution in [0, 0.1) is 0 Å². The van der Waals surface area contributed by atoms with Gasteiger partial charge in [-0.3, -0.25) is 4.90 Å². The van der Waals surface area contributed by atoms with E-state index in [1.807, 2.05) is 0 Å². The zero-order valence-electron chi connectivity index (χ0n) is 10.7. The van der Waals surface area contributed by atoms with Crippen LogP contribution in [0.25, 0.3) is 0 Å². The third-order valence-electron chi connectivity index (χ3n) is 3.64. The van der Waals surface area contributed by atoms with E-state index in [9.17, 15) is 0 Å². The number of nitrogens with zero attached hydrogens (tertiary/aromatic N) is 1. The number of rotatable bonds is 1. The van der Waals surface area contributed by atoms with Crippen molar-refractivity contribution < 1.29 is 0 Å². The number of benzene rings is 1. The van der Waals surface area contributed by atoms with Crippen LogP contribution in [0.4, 0.5) is 0 Å². The lowest BCUT2D eigenvalue weighted by atomic mass is 9.88. The first-order valence-corrected chi connectivity index (χ1v) is 6.37. The van der Waals surface area contributed by atoms with Crippen molar-refractivity contribution in [2.24, 2.45) is 0 Å². The Morgan fingerprint density at radius 2 is 1.81 bits per heavy atom. The van der Waals surface area contributed by atoms with E-state index in [0.29, 0.717) is 5.54 Å². The SMILES string of the molecule is CC(C)(C)N1CCCC(c2ccccc2)C1. The summed E-state index contributed by atoms with van der Waals surface area (Å²) in [6.07, 6.45) is 2.67. The molecule has 1 saturated heterocycles. The van der Waals surface area contributed by atoms with Crippen LogP contribution in [0.3, 0.4) is 0 Å². The largest absolute Gasteiger partial charge is 0.298 e. The normalized spacial score (nSPS) is 23.3. The van der Waals surface area contributed by atoms with Gasteiger partial charge in [0.15, 0.2) is 0 Å². The Hall–Kier alpha value is -0.820. The molecule has 16 heavy (non-hydrogen) atoms. The van der Waals surface area contributed by atoms with Crippen LogP contribution in [-0.2, 0) is 0 Å². The molecule has 1 atom stereocenters. The number of hydrogen-bond acceptors (Lipinski definition) is 1. The molecule has 0 saturated carbocycles. The fourth-order valence-electron chi connectivity index (χ4n) is 2.58. The van der Waals surface area contributed by atoms with Gasteiger partial charge in [-0.25, -0.2) is 0 Å². The van der Waals surface area contributed by atoms with E-state index in [1.54, 1.807) is 0 Å². The summed E-state index contributed by atoms with van der Waals surface area (Å²) < 4.78 is 0. The van der Waals surface area contributed by atoms with Gasteiger partial charge in [0.2, 0.25) is 0 Å². The Kier molecular flexibility index (Phi) is 3.34. The molecule has 0 radical (unpaired) electrons. The molecule has 88 valence electrons. The minimum Gasteiger partial charge on any atom is -0.298 e. The van der Waals surface area contributed by atoms with Gasteiger partial charge in [-0.15, -0.1) is 0 Å². The first-order chi connectivity index (χ1) is 7.57. The molecule has 1 aromatic rings. The van der Waals surface area contributed by atoms with E-state index >= 15 is 0 Å². The predicted octanol–water partition coefficient (Wildman–Crippen LogP) is 3.66. The zero-order valence-corrected chi connectivity index (χ0v) is 10.7. The number of likely N-dealkylation sites (tertiary alicyclic amines) is 1. The van der Waals surface area contributed by atoms with Gasteiger partial charge in [0, 0.05) is 12.1 Å². The maximum absolute atomic E-state index is 2.62. The van der Waals surface area contributed by atoms with Crippen LogP contribution < -0.4 is 0 Å². The fourth-order valence-corrected chi connectivity index (χ4v) is 2.58. The molecule has 1 heteroatoms. The van der Waals surface area contributed by atoms with Gasteiger partial charge in [-0.05, 0) is 51.6 Å². The van der Waals surface area contributed by atoms with E-state index in [2.05, 4.69) is 56.0 Å². The second-order valence-corrected chi connectivity index (χ2v) is 5.87. The van der Waals surface area contributed by atoms with E-state index in [0.717, 1.165) is 5.92 Å². The lowest BCUT2D eigenvalue weighted by Crippen LogP contribution is -2.46. The fraction of sp³-hybridized carbons (Fsp3) is 0.600. The molecule has 0 aliphatic carbocycles. The van der Waals surface area contributed by atoms with Crippen LogP contribution in [0.15, 0.2) is 30.3 Å². The highest BCUT2D eigenvalue weighted by molar-refractivity contribution is 5.20. The molecule has 1 aliphatic rings. The highest BCUT2D eigenvalue weighted by Crippen LogP contribution is 2.30. The maximum atomic E-state index is 2.62.